The number of carbonyl (C=O) groups excluding carboxylic acids is 2. The number of carbonyl (C=O) groups is 2. The van der Waals surface area contributed by atoms with Crippen LogP contribution in [0.25, 0.3) is 22.2 Å². The maximum absolute atomic E-state index is 12.5. The average molecular weight is 491 g/mol. The molecule has 4 aromatic rings. The highest BCUT2D eigenvalue weighted by molar-refractivity contribution is 5.88. The van der Waals surface area contributed by atoms with Crippen LogP contribution in [-0.2, 0) is 22.4 Å². The van der Waals surface area contributed by atoms with Gasteiger partial charge in [0.25, 0.3) is 5.56 Å². The minimum absolute atomic E-state index is 0.0165. The van der Waals surface area contributed by atoms with E-state index in [-0.39, 0.29) is 36.8 Å². The third-order valence-electron chi connectivity index (χ3n) is 5.67. The summed E-state index contributed by atoms with van der Waals surface area (Å²) in [6, 6.07) is 14.3. The number of likely N-dealkylation sites (N-methyl/N-ethyl adjacent to an activating group) is 1. The molecule has 0 saturated carbocycles. The van der Waals surface area contributed by atoms with E-state index in [1.807, 2.05) is 24.3 Å². The Bertz CT molecular complexity index is 1410. The van der Waals surface area contributed by atoms with Crippen LogP contribution in [0.4, 0.5) is 0 Å². The first kappa shape index (κ1) is 24.6. The molecule has 11 nitrogen and oxygen atoms in total. The number of fused-ring (bicyclic) bond motifs is 1. The van der Waals surface area contributed by atoms with Crippen molar-refractivity contribution in [1.82, 2.24) is 30.6 Å². The van der Waals surface area contributed by atoms with Crippen LogP contribution in [0, 0.1) is 0 Å². The van der Waals surface area contributed by atoms with Gasteiger partial charge in [-0.05, 0) is 30.3 Å². The van der Waals surface area contributed by atoms with Gasteiger partial charge in [0.2, 0.25) is 23.5 Å². The second kappa shape index (κ2) is 11.3. The summed E-state index contributed by atoms with van der Waals surface area (Å²) in [5.74, 6) is 1.19. The second-order valence-corrected chi connectivity index (χ2v) is 8.13. The molecule has 0 spiro atoms. The standard InChI is InChI=1S/C25H26N6O5/c1-31(14-13-26-21(32)15-20-18-5-3-4-6-19(18)25(34)29-28-20)23(33)12-11-22-27-24(30-36-22)16-7-9-17(35-2)10-8-16/h3-10H,11-15H2,1-2H3,(H,26,32)(H,29,34). The quantitative estimate of drug-likeness (QED) is 0.342. The van der Waals surface area contributed by atoms with Gasteiger partial charge in [-0.1, -0.05) is 23.4 Å². The maximum Gasteiger partial charge on any atom is 0.272 e. The number of methoxy groups -OCH3 is 1. The molecule has 0 aliphatic heterocycles. The Labute approximate surface area is 206 Å². The number of benzene rings is 2. The summed E-state index contributed by atoms with van der Waals surface area (Å²) in [6.07, 6.45) is 0.522. The fraction of sp³-hybridized carbons (Fsp3) is 0.280. The van der Waals surface area contributed by atoms with Crippen molar-refractivity contribution in [3.05, 3.63) is 70.5 Å². The molecule has 4 rings (SSSR count). The normalized spacial score (nSPS) is 10.8. The summed E-state index contributed by atoms with van der Waals surface area (Å²) in [4.78, 5) is 42.6. The van der Waals surface area contributed by atoms with E-state index in [4.69, 9.17) is 9.26 Å². The molecule has 2 N–H and O–H groups in total. The van der Waals surface area contributed by atoms with Crippen LogP contribution in [0.2, 0.25) is 0 Å². The van der Waals surface area contributed by atoms with Crippen molar-refractivity contribution in [3.8, 4) is 17.1 Å². The van der Waals surface area contributed by atoms with Gasteiger partial charge in [0, 0.05) is 43.9 Å². The van der Waals surface area contributed by atoms with E-state index < -0.39 is 0 Å². The van der Waals surface area contributed by atoms with E-state index in [0.717, 1.165) is 11.3 Å². The Morgan fingerprint density at radius 3 is 2.61 bits per heavy atom. The first-order valence-corrected chi connectivity index (χ1v) is 11.4. The van der Waals surface area contributed by atoms with Crippen LogP contribution in [0.3, 0.4) is 0 Å². The van der Waals surface area contributed by atoms with Crippen LogP contribution in [-0.4, -0.2) is 64.3 Å². The molecule has 0 radical (unpaired) electrons. The summed E-state index contributed by atoms with van der Waals surface area (Å²) in [6.45, 7) is 0.621. The van der Waals surface area contributed by atoms with Crippen molar-refractivity contribution >= 4 is 22.6 Å². The van der Waals surface area contributed by atoms with Gasteiger partial charge in [-0.3, -0.25) is 14.4 Å². The van der Waals surface area contributed by atoms with E-state index in [1.165, 1.54) is 4.90 Å². The Balaban J connectivity index is 1.22. The van der Waals surface area contributed by atoms with Crippen molar-refractivity contribution in [1.29, 1.82) is 0 Å². The smallest absolute Gasteiger partial charge is 0.272 e. The number of hydrogen-bond acceptors (Lipinski definition) is 8. The second-order valence-electron chi connectivity index (χ2n) is 8.13. The first-order valence-electron chi connectivity index (χ1n) is 11.4. The zero-order valence-electron chi connectivity index (χ0n) is 20.0. The number of amides is 2. The largest absolute Gasteiger partial charge is 0.497 e. The molecule has 2 amide bonds. The summed E-state index contributed by atoms with van der Waals surface area (Å²) >= 11 is 0. The fourth-order valence-electron chi connectivity index (χ4n) is 3.63. The molecule has 2 heterocycles. The van der Waals surface area contributed by atoms with Gasteiger partial charge in [-0.2, -0.15) is 10.1 Å². The lowest BCUT2D eigenvalue weighted by Crippen LogP contribution is -2.37. The van der Waals surface area contributed by atoms with Gasteiger partial charge >= 0.3 is 0 Å². The van der Waals surface area contributed by atoms with E-state index in [1.54, 1.807) is 38.4 Å². The van der Waals surface area contributed by atoms with E-state index >= 15 is 0 Å². The maximum atomic E-state index is 12.5. The number of aromatic amines is 1. The molecule has 0 bridgehead atoms. The zero-order valence-corrected chi connectivity index (χ0v) is 20.0. The predicted octanol–water partition coefficient (Wildman–Crippen LogP) is 1.73. The summed E-state index contributed by atoms with van der Waals surface area (Å²) < 4.78 is 10.4. The van der Waals surface area contributed by atoms with Gasteiger partial charge in [0.1, 0.15) is 5.75 Å². The predicted molar refractivity (Wildman–Crippen MR) is 131 cm³/mol. The third kappa shape index (κ3) is 5.93. The molecule has 186 valence electrons. The Morgan fingerprint density at radius 2 is 1.86 bits per heavy atom. The monoisotopic (exact) mass is 490 g/mol. The van der Waals surface area contributed by atoms with Gasteiger partial charge in [0.05, 0.1) is 24.6 Å². The Kier molecular flexibility index (Phi) is 7.69. The van der Waals surface area contributed by atoms with Crippen molar-refractivity contribution < 1.29 is 18.8 Å². The number of rotatable bonds is 10. The highest BCUT2D eigenvalue weighted by Crippen LogP contribution is 2.20. The molecule has 11 heteroatoms. The molecule has 0 aliphatic carbocycles. The minimum atomic E-state index is -0.299. The van der Waals surface area contributed by atoms with Crippen LogP contribution < -0.4 is 15.6 Å². The molecule has 0 fully saturated rings. The van der Waals surface area contributed by atoms with E-state index in [9.17, 15) is 14.4 Å². The average Bonchev–Trinajstić information content (AvgIpc) is 3.38. The highest BCUT2D eigenvalue weighted by atomic mass is 16.5. The summed E-state index contributed by atoms with van der Waals surface area (Å²) in [5, 5.41) is 14.3. The van der Waals surface area contributed by atoms with Gasteiger partial charge in [-0.25, -0.2) is 5.10 Å². The van der Waals surface area contributed by atoms with Gasteiger partial charge in [0.15, 0.2) is 0 Å². The zero-order chi connectivity index (χ0) is 25.5. The lowest BCUT2D eigenvalue weighted by molar-refractivity contribution is -0.130. The molecule has 2 aromatic heterocycles. The SMILES string of the molecule is COc1ccc(-c2noc(CCC(=O)N(C)CCNC(=O)Cc3n[nH]c(=O)c4ccccc34)n2)cc1. The highest BCUT2D eigenvalue weighted by Gasteiger charge is 2.15. The number of aromatic nitrogens is 4. The van der Waals surface area contributed by atoms with Crippen LogP contribution in [0.1, 0.15) is 18.0 Å². The number of H-pyrrole nitrogens is 1. The molecule has 2 aromatic carbocycles. The number of nitrogens with one attached hydrogen (secondary N) is 2. The lowest BCUT2D eigenvalue weighted by atomic mass is 10.1. The van der Waals surface area contributed by atoms with Crippen molar-refractivity contribution in [2.45, 2.75) is 19.3 Å². The van der Waals surface area contributed by atoms with E-state index in [2.05, 4.69) is 25.7 Å². The van der Waals surface area contributed by atoms with Crippen LogP contribution in [0.15, 0.2) is 57.8 Å². The molecule has 0 saturated heterocycles. The third-order valence-corrected chi connectivity index (χ3v) is 5.67. The number of ether oxygens (including phenoxy) is 1. The molecule has 0 atom stereocenters. The fourth-order valence-corrected chi connectivity index (χ4v) is 3.63. The topological polar surface area (TPSA) is 143 Å². The number of nitrogens with zero attached hydrogens (tertiary/aromatic N) is 4. The molecular formula is C25H26N6O5. The van der Waals surface area contributed by atoms with Gasteiger partial charge < -0.3 is 19.5 Å². The summed E-state index contributed by atoms with van der Waals surface area (Å²) in [7, 11) is 3.26. The van der Waals surface area contributed by atoms with E-state index in [0.29, 0.717) is 41.1 Å². The minimum Gasteiger partial charge on any atom is -0.497 e. The molecule has 0 aliphatic rings. The summed E-state index contributed by atoms with van der Waals surface area (Å²) in [5.41, 5.74) is 0.975. The Morgan fingerprint density at radius 1 is 1.11 bits per heavy atom. The molecule has 36 heavy (non-hydrogen) atoms. The number of aryl methyl sites for hydroxylation is 1. The first-order chi connectivity index (χ1) is 17.4. The Hall–Kier alpha value is -4.54. The van der Waals surface area contributed by atoms with Crippen molar-refractivity contribution in [2.24, 2.45) is 0 Å². The van der Waals surface area contributed by atoms with Crippen molar-refractivity contribution in [3.63, 3.8) is 0 Å². The van der Waals surface area contributed by atoms with Gasteiger partial charge in [-0.15, -0.1) is 0 Å². The number of hydrogen-bond donors (Lipinski definition) is 2. The van der Waals surface area contributed by atoms with Crippen LogP contribution >= 0.6 is 0 Å². The van der Waals surface area contributed by atoms with Crippen molar-refractivity contribution in [2.75, 3.05) is 27.2 Å². The van der Waals surface area contributed by atoms with Crippen LogP contribution in [0.5, 0.6) is 5.75 Å². The molecular weight excluding hydrogens is 464 g/mol. The lowest BCUT2D eigenvalue weighted by Gasteiger charge is -2.17. The molecule has 0 unspecified atom stereocenters.